The molecule has 1 saturated heterocycles. The van der Waals surface area contributed by atoms with Crippen molar-refractivity contribution < 1.29 is 23.8 Å². The number of carbonyl (C=O) groups is 2. The highest BCUT2D eigenvalue weighted by Crippen LogP contribution is 2.39. The van der Waals surface area contributed by atoms with Crippen LogP contribution in [0.2, 0.25) is 0 Å². The summed E-state index contributed by atoms with van der Waals surface area (Å²) in [4.78, 5) is 25.6. The molecule has 3 aromatic carbocycles. The first-order valence-electron chi connectivity index (χ1n) is 11.7. The number of aryl methyl sites for hydroxylation is 2. The minimum atomic E-state index is -0.557. The highest BCUT2D eigenvalue weighted by Gasteiger charge is 2.46. The first-order valence-corrected chi connectivity index (χ1v) is 12.7. The van der Waals surface area contributed by atoms with Gasteiger partial charge in [0.15, 0.2) is 0 Å². The molecule has 1 heterocycles. The molecule has 1 fully saturated rings. The zero-order valence-corrected chi connectivity index (χ0v) is 21.0. The molecular formula is C29H30O5S. The largest absolute Gasteiger partial charge is 0.461 e. The van der Waals surface area contributed by atoms with Gasteiger partial charge in [0.25, 0.3) is 0 Å². The van der Waals surface area contributed by atoms with Crippen LogP contribution in [0, 0.1) is 13.8 Å². The molecule has 0 N–H and O–H groups in total. The molecule has 4 atom stereocenters. The van der Waals surface area contributed by atoms with Crippen molar-refractivity contribution in [3.05, 3.63) is 107 Å². The lowest BCUT2D eigenvalue weighted by atomic mass is 10.1. The van der Waals surface area contributed by atoms with E-state index in [-0.39, 0.29) is 23.2 Å². The Morgan fingerprint density at radius 3 is 1.94 bits per heavy atom. The summed E-state index contributed by atoms with van der Waals surface area (Å²) in [6.07, 6.45) is -0.893. The van der Waals surface area contributed by atoms with E-state index in [1.54, 1.807) is 36.0 Å². The van der Waals surface area contributed by atoms with Gasteiger partial charge in [0.1, 0.15) is 18.8 Å². The lowest BCUT2D eigenvalue weighted by molar-refractivity contribution is -0.0560. The topological polar surface area (TPSA) is 61.8 Å². The van der Waals surface area contributed by atoms with Crippen LogP contribution in [0.4, 0.5) is 0 Å². The SMILES string of the molecule is Cc1ccc(C(=O)OC[C@H]2SC(C)[C@H](OCc3ccccc3)[C@H]2OC(=O)c2ccc(C)cc2)cc1. The van der Waals surface area contributed by atoms with Crippen LogP contribution in [0.1, 0.15) is 44.3 Å². The lowest BCUT2D eigenvalue weighted by Crippen LogP contribution is -2.40. The zero-order valence-electron chi connectivity index (χ0n) is 20.2. The Morgan fingerprint density at radius 1 is 0.771 bits per heavy atom. The predicted octanol–water partition coefficient (Wildman–Crippen LogP) is 5.78. The predicted molar refractivity (Wildman–Crippen MR) is 138 cm³/mol. The van der Waals surface area contributed by atoms with Gasteiger partial charge in [0, 0.05) is 5.25 Å². The fourth-order valence-corrected chi connectivity index (χ4v) is 5.45. The summed E-state index contributed by atoms with van der Waals surface area (Å²) < 4.78 is 17.9. The Balaban J connectivity index is 1.47. The van der Waals surface area contributed by atoms with Crippen molar-refractivity contribution in [1.82, 2.24) is 0 Å². The van der Waals surface area contributed by atoms with Gasteiger partial charge in [0.05, 0.1) is 23.0 Å². The maximum Gasteiger partial charge on any atom is 0.338 e. The quantitative estimate of drug-likeness (QED) is 0.373. The second-order valence-electron chi connectivity index (χ2n) is 8.84. The Kier molecular flexibility index (Phi) is 8.26. The molecule has 1 aliphatic rings. The van der Waals surface area contributed by atoms with Gasteiger partial charge < -0.3 is 14.2 Å². The number of benzene rings is 3. The third kappa shape index (κ3) is 6.53. The van der Waals surface area contributed by atoms with Gasteiger partial charge in [-0.3, -0.25) is 0 Å². The zero-order chi connectivity index (χ0) is 24.8. The van der Waals surface area contributed by atoms with E-state index in [9.17, 15) is 9.59 Å². The van der Waals surface area contributed by atoms with Crippen molar-refractivity contribution in [2.75, 3.05) is 6.61 Å². The number of hydrogen-bond donors (Lipinski definition) is 0. The van der Waals surface area contributed by atoms with E-state index in [0.29, 0.717) is 17.7 Å². The molecule has 0 amide bonds. The van der Waals surface area contributed by atoms with Crippen LogP contribution in [0.25, 0.3) is 0 Å². The van der Waals surface area contributed by atoms with Crippen molar-refractivity contribution in [2.45, 2.75) is 50.1 Å². The fourth-order valence-electron chi connectivity index (χ4n) is 4.00. The smallest absolute Gasteiger partial charge is 0.338 e. The number of carbonyl (C=O) groups excluding carboxylic acids is 2. The van der Waals surface area contributed by atoms with Crippen LogP contribution >= 0.6 is 11.8 Å². The van der Waals surface area contributed by atoms with Gasteiger partial charge in [0.2, 0.25) is 0 Å². The van der Waals surface area contributed by atoms with Crippen molar-refractivity contribution >= 4 is 23.7 Å². The lowest BCUT2D eigenvalue weighted by Gasteiger charge is -2.25. The first-order chi connectivity index (χ1) is 16.9. The second-order valence-corrected chi connectivity index (χ2v) is 10.5. The molecule has 0 bridgehead atoms. The molecule has 0 aliphatic carbocycles. The van der Waals surface area contributed by atoms with Crippen molar-refractivity contribution in [3.8, 4) is 0 Å². The van der Waals surface area contributed by atoms with E-state index >= 15 is 0 Å². The van der Waals surface area contributed by atoms with Gasteiger partial charge in [-0.25, -0.2) is 9.59 Å². The molecule has 3 aromatic rings. The maximum absolute atomic E-state index is 13.0. The Labute approximate surface area is 210 Å². The highest BCUT2D eigenvalue weighted by molar-refractivity contribution is 8.00. The standard InChI is InChI=1S/C29H30O5S/c1-19-9-13-23(14-10-19)28(30)33-18-25-27(34-29(31)24-15-11-20(2)12-16-24)26(21(3)35-25)32-17-22-7-5-4-6-8-22/h4-16,21,25-27H,17-18H2,1-3H3/t21?,25-,26+,27+/m1/s1. The van der Waals surface area contributed by atoms with E-state index in [4.69, 9.17) is 14.2 Å². The summed E-state index contributed by atoms with van der Waals surface area (Å²) in [5.74, 6) is -0.802. The number of thioether (sulfide) groups is 1. The molecule has 5 nitrogen and oxygen atoms in total. The van der Waals surface area contributed by atoms with Crippen molar-refractivity contribution in [1.29, 1.82) is 0 Å². The first kappa shape index (κ1) is 25.0. The average molecular weight is 491 g/mol. The second kappa shape index (κ2) is 11.6. The molecule has 0 aromatic heterocycles. The molecule has 35 heavy (non-hydrogen) atoms. The Hall–Kier alpha value is -3.09. The highest BCUT2D eigenvalue weighted by atomic mass is 32.2. The average Bonchev–Trinajstić information content (AvgIpc) is 3.16. The van der Waals surface area contributed by atoms with E-state index in [2.05, 4.69) is 6.92 Å². The molecular weight excluding hydrogens is 460 g/mol. The number of hydrogen-bond acceptors (Lipinski definition) is 6. The van der Waals surface area contributed by atoms with Crippen LogP contribution in [-0.4, -0.2) is 41.3 Å². The van der Waals surface area contributed by atoms with Crippen LogP contribution in [0.3, 0.4) is 0 Å². The Morgan fingerprint density at radius 2 is 1.34 bits per heavy atom. The third-order valence-electron chi connectivity index (χ3n) is 6.02. The molecule has 0 saturated carbocycles. The fraction of sp³-hybridized carbons (Fsp3) is 0.310. The van der Waals surface area contributed by atoms with Gasteiger partial charge >= 0.3 is 11.9 Å². The molecule has 6 heteroatoms. The summed E-state index contributed by atoms with van der Waals surface area (Å²) in [7, 11) is 0. The summed E-state index contributed by atoms with van der Waals surface area (Å²) in [6.45, 7) is 6.52. The van der Waals surface area contributed by atoms with E-state index in [1.165, 1.54) is 0 Å². The molecule has 1 unspecified atom stereocenters. The third-order valence-corrected chi connectivity index (χ3v) is 7.48. The normalized spacial score (nSPS) is 21.5. The molecule has 4 rings (SSSR count). The van der Waals surface area contributed by atoms with Gasteiger partial charge in [-0.1, -0.05) is 72.6 Å². The minimum Gasteiger partial charge on any atom is -0.461 e. The van der Waals surface area contributed by atoms with Crippen molar-refractivity contribution in [3.63, 3.8) is 0 Å². The molecule has 0 spiro atoms. The molecule has 0 radical (unpaired) electrons. The minimum absolute atomic E-state index is 0.0533. The van der Waals surface area contributed by atoms with Crippen LogP contribution in [-0.2, 0) is 20.8 Å². The van der Waals surface area contributed by atoms with Gasteiger partial charge in [-0.2, -0.15) is 0 Å². The maximum atomic E-state index is 13.0. The summed E-state index contributed by atoms with van der Waals surface area (Å²) in [5, 5.41) is -0.188. The van der Waals surface area contributed by atoms with Crippen LogP contribution in [0.15, 0.2) is 78.9 Å². The van der Waals surface area contributed by atoms with Gasteiger partial charge in [-0.15, -0.1) is 11.8 Å². The number of rotatable bonds is 8. The summed E-state index contributed by atoms with van der Waals surface area (Å²) >= 11 is 1.62. The molecule has 182 valence electrons. The van der Waals surface area contributed by atoms with E-state index in [0.717, 1.165) is 16.7 Å². The van der Waals surface area contributed by atoms with Crippen molar-refractivity contribution in [2.24, 2.45) is 0 Å². The van der Waals surface area contributed by atoms with Gasteiger partial charge in [-0.05, 0) is 43.7 Å². The number of esters is 2. The Bertz CT molecular complexity index is 1130. The van der Waals surface area contributed by atoms with E-state index < -0.39 is 18.0 Å². The summed E-state index contributed by atoms with van der Waals surface area (Å²) in [6, 6.07) is 24.4. The van der Waals surface area contributed by atoms with E-state index in [1.807, 2.05) is 68.4 Å². The van der Waals surface area contributed by atoms with Crippen LogP contribution in [0.5, 0.6) is 0 Å². The number of ether oxygens (including phenoxy) is 3. The van der Waals surface area contributed by atoms with Crippen LogP contribution < -0.4 is 0 Å². The summed E-state index contributed by atoms with van der Waals surface area (Å²) in [5.41, 5.74) is 4.16. The monoisotopic (exact) mass is 490 g/mol. The molecule has 1 aliphatic heterocycles.